The minimum atomic E-state index is -0.0927. The molecule has 1 N–H and O–H groups in total. The summed E-state index contributed by atoms with van der Waals surface area (Å²) in [5.41, 5.74) is 2.62. The van der Waals surface area contributed by atoms with Crippen molar-refractivity contribution < 1.29 is 9.53 Å². The fraction of sp³-hybridized carbons (Fsp3) is 0.652. The van der Waals surface area contributed by atoms with E-state index in [1.54, 1.807) is 0 Å². The lowest BCUT2D eigenvalue weighted by molar-refractivity contribution is -0.146. The van der Waals surface area contributed by atoms with Gasteiger partial charge in [-0.1, -0.05) is 31.2 Å². The number of carbonyl (C=O) groups is 1. The molecule has 2 aliphatic rings. The Labute approximate surface area is 181 Å². The number of methoxy groups -OCH3 is 1. The molecular weight excluding hydrogens is 378 g/mol. The number of rotatable bonds is 6. The first-order chi connectivity index (χ1) is 14.6. The van der Waals surface area contributed by atoms with Crippen molar-refractivity contribution >= 4 is 11.9 Å². The summed E-state index contributed by atoms with van der Waals surface area (Å²) in [6.45, 7) is 11.5. The van der Waals surface area contributed by atoms with Gasteiger partial charge in [0.2, 0.25) is 0 Å². The van der Waals surface area contributed by atoms with Crippen LogP contribution in [0.15, 0.2) is 29.3 Å². The van der Waals surface area contributed by atoms with Crippen LogP contribution >= 0.6 is 0 Å². The quantitative estimate of drug-likeness (QED) is 0.434. The van der Waals surface area contributed by atoms with Crippen LogP contribution in [0.25, 0.3) is 0 Å². The molecule has 2 saturated heterocycles. The molecule has 0 spiro atoms. The highest BCUT2D eigenvalue weighted by molar-refractivity contribution is 5.80. The van der Waals surface area contributed by atoms with Gasteiger partial charge < -0.3 is 19.9 Å². The second kappa shape index (κ2) is 11.3. The van der Waals surface area contributed by atoms with E-state index in [2.05, 4.69) is 56.2 Å². The van der Waals surface area contributed by atoms with E-state index in [4.69, 9.17) is 4.74 Å². The fourth-order valence-corrected chi connectivity index (χ4v) is 4.29. The first kappa shape index (κ1) is 22.6. The molecule has 0 bridgehead atoms. The molecule has 0 aliphatic carbocycles. The third-order valence-corrected chi connectivity index (χ3v) is 6.33. The van der Waals surface area contributed by atoms with Gasteiger partial charge in [-0.15, -0.1) is 0 Å². The summed E-state index contributed by atoms with van der Waals surface area (Å²) in [5.74, 6) is 0.822. The van der Waals surface area contributed by atoms with Gasteiger partial charge in [0.15, 0.2) is 5.96 Å². The first-order valence-electron chi connectivity index (χ1n) is 11.2. The number of piperidine rings is 1. The van der Waals surface area contributed by atoms with E-state index in [1.807, 2.05) is 7.05 Å². The van der Waals surface area contributed by atoms with Crippen molar-refractivity contribution in [2.75, 3.05) is 60.0 Å². The van der Waals surface area contributed by atoms with Crippen LogP contribution in [0.5, 0.6) is 0 Å². The predicted octanol–water partition coefficient (Wildman–Crippen LogP) is 1.78. The minimum Gasteiger partial charge on any atom is -0.469 e. The molecule has 7 nitrogen and oxygen atoms in total. The average Bonchev–Trinajstić information content (AvgIpc) is 2.81. The first-order valence-corrected chi connectivity index (χ1v) is 11.2. The molecule has 2 aliphatic heterocycles. The van der Waals surface area contributed by atoms with Gasteiger partial charge in [-0.25, -0.2) is 0 Å². The number of nitrogens with zero attached hydrogens (tertiary/aromatic N) is 4. The maximum atomic E-state index is 11.7. The monoisotopic (exact) mass is 415 g/mol. The molecule has 0 amide bonds. The predicted molar refractivity (Wildman–Crippen MR) is 120 cm³/mol. The topological polar surface area (TPSA) is 60.4 Å². The largest absolute Gasteiger partial charge is 0.469 e. The Kier molecular flexibility index (Phi) is 8.51. The van der Waals surface area contributed by atoms with Crippen LogP contribution in [0, 0.1) is 5.92 Å². The van der Waals surface area contributed by atoms with Gasteiger partial charge >= 0.3 is 5.97 Å². The Morgan fingerprint density at radius 2 is 1.63 bits per heavy atom. The molecule has 166 valence electrons. The molecular formula is C23H37N5O2. The number of nitrogens with one attached hydrogen (secondary N) is 1. The number of carbonyl (C=O) groups excluding carboxylic acids is 1. The van der Waals surface area contributed by atoms with Crippen LogP contribution < -0.4 is 5.32 Å². The zero-order valence-electron chi connectivity index (χ0n) is 18.8. The van der Waals surface area contributed by atoms with Gasteiger partial charge in [-0.2, -0.15) is 0 Å². The van der Waals surface area contributed by atoms with Crippen LogP contribution in [0.4, 0.5) is 0 Å². The van der Waals surface area contributed by atoms with E-state index in [-0.39, 0.29) is 11.9 Å². The van der Waals surface area contributed by atoms with Crippen molar-refractivity contribution in [2.24, 2.45) is 10.9 Å². The van der Waals surface area contributed by atoms with E-state index >= 15 is 0 Å². The van der Waals surface area contributed by atoms with Crippen molar-refractivity contribution in [3.8, 4) is 0 Å². The molecule has 0 radical (unpaired) electrons. The molecule has 3 rings (SSSR count). The third-order valence-electron chi connectivity index (χ3n) is 6.33. The lowest BCUT2D eigenvalue weighted by Gasteiger charge is -2.34. The normalized spacial score (nSPS) is 19.7. The summed E-state index contributed by atoms with van der Waals surface area (Å²) >= 11 is 0. The van der Waals surface area contributed by atoms with Gasteiger partial charge in [0.25, 0.3) is 0 Å². The molecule has 0 atom stereocenters. The average molecular weight is 416 g/mol. The van der Waals surface area contributed by atoms with E-state index in [0.29, 0.717) is 0 Å². The second-order valence-corrected chi connectivity index (χ2v) is 8.21. The number of hydrogen-bond acceptors (Lipinski definition) is 5. The van der Waals surface area contributed by atoms with Gasteiger partial charge in [0.1, 0.15) is 0 Å². The highest BCUT2D eigenvalue weighted by Gasteiger charge is 2.26. The Bertz CT molecular complexity index is 690. The van der Waals surface area contributed by atoms with Gasteiger partial charge in [-0.3, -0.25) is 14.7 Å². The molecule has 1 aromatic carbocycles. The number of esters is 1. The molecule has 7 heteroatoms. The summed E-state index contributed by atoms with van der Waals surface area (Å²) in [4.78, 5) is 23.4. The summed E-state index contributed by atoms with van der Waals surface area (Å²) in [5, 5.41) is 3.47. The van der Waals surface area contributed by atoms with E-state index in [1.165, 1.54) is 31.3 Å². The van der Waals surface area contributed by atoms with E-state index < -0.39 is 0 Å². The summed E-state index contributed by atoms with van der Waals surface area (Å²) in [6, 6.07) is 8.91. The van der Waals surface area contributed by atoms with Crippen molar-refractivity contribution in [2.45, 2.75) is 32.9 Å². The lowest BCUT2D eigenvalue weighted by Crippen LogP contribution is -2.46. The number of hydrogen-bond donors (Lipinski definition) is 1. The van der Waals surface area contributed by atoms with Crippen molar-refractivity contribution in [1.29, 1.82) is 0 Å². The van der Waals surface area contributed by atoms with Gasteiger partial charge in [0.05, 0.1) is 13.0 Å². The minimum absolute atomic E-state index is 0.0156. The molecule has 30 heavy (non-hydrogen) atoms. The van der Waals surface area contributed by atoms with Gasteiger partial charge in [0, 0.05) is 59.4 Å². The number of guanidine groups is 1. The smallest absolute Gasteiger partial charge is 0.308 e. The molecule has 0 aromatic heterocycles. The maximum Gasteiger partial charge on any atom is 0.308 e. The Morgan fingerprint density at radius 1 is 1.03 bits per heavy atom. The van der Waals surface area contributed by atoms with Crippen LogP contribution in [0.3, 0.4) is 0 Å². The van der Waals surface area contributed by atoms with Crippen LogP contribution in [0.2, 0.25) is 0 Å². The standard InChI is InChI=1S/C23H37N5O2/c1-4-26-13-15-27(16-14-26)18-20-7-5-19(6-8-20)17-25-23(24-2)28-11-9-21(10-12-28)22(29)30-3/h5-8,21H,4,9-18H2,1-3H3,(H,24,25). The number of ether oxygens (including phenoxy) is 1. The van der Waals surface area contributed by atoms with Crippen LogP contribution in [-0.2, 0) is 22.6 Å². The number of aliphatic imine (C=N–C) groups is 1. The van der Waals surface area contributed by atoms with Gasteiger partial charge in [-0.05, 0) is 30.5 Å². The number of piperazine rings is 1. The van der Waals surface area contributed by atoms with Crippen molar-refractivity contribution in [1.82, 2.24) is 20.0 Å². The second-order valence-electron chi connectivity index (χ2n) is 8.21. The Hall–Kier alpha value is -2.12. The third kappa shape index (κ3) is 6.19. The molecule has 1 aromatic rings. The SMILES string of the molecule is CCN1CCN(Cc2ccc(CNC(=NC)N3CCC(C(=O)OC)CC3)cc2)CC1. The highest BCUT2D eigenvalue weighted by atomic mass is 16.5. The van der Waals surface area contributed by atoms with E-state index in [9.17, 15) is 4.79 Å². The summed E-state index contributed by atoms with van der Waals surface area (Å²) in [6.07, 6.45) is 1.63. The molecule has 0 saturated carbocycles. The zero-order chi connectivity index (χ0) is 21.3. The fourth-order valence-electron chi connectivity index (χ4n) is 4.29. The molecule has 2 heterocycles. The lowest BCUT2D eigenvalue weighted by atomic mass is 9.97. The summed E-state index contributed by atoms with van der Waals surface area (Å²) in [7, 11) is 3.28. The Morgan fingerprint density at radius 3 is 2.20 bits per heavy atom. The summed E-state index contributed by atoms with van der Waals surface area (Å²) < 4.78 is 4.88. The number of benzene rings is 1. The Balaban J connectivity index is 1.43. The van der Waals surface area contributed by atoms with Crippen LogP contribution in [-0.4, -0.2) is 86.6 Å². The molecule has 0 unspecified atom stereocenters. The zero-order valence-corrected chi connectivity index (χ0v) is 18.8. The number of likely N-dealkylation sites (N-methyl/N-ethyl adjacent to an activating group) is 1. The van der Waals surface area contributed by atoms with E-state index in [0.717, 1.165) is 64.6 Å². The number of likely N-dealkylation sites (tertiary alicyclic amines) is 1. The molecule has 2 fully saturated rings. The van der Waals surface area contributed by atoms with Crippen LogP contribution in [0.1, 0.15) is 30.9 Å². The van der Waals surface area contributed by atoms with Crippen molar-refractivity contribution in [3.05, 3.63) is 35.4 Å². The van der Waals surface area contributed by atoms with Crippen molar-refractivity contribution in [3.63, 3.8) is 0 Å². The highest BCUT2D eigenvalue weighted by Crippen LogP contribution is 2.18. The maximum absolute atomic E-state index is 11.7.